The highest BCUT2D eigenvalue weighted by Gasteiger charge is 2.15. The molecule has 0 atom stereocenters. The van der Waals surface area contributed by atoms with Crippen molar-refractivity contribution >= 4 is 0 Å². The minimum absolute atomic E-state index is 0.805. The molecule has 0 aromatic heterocycles. The van der Waals surface area contributed by atoms with Gasteiger partial charge in [-0.25, -0.2) is 0 Å². The molecule has 0 nitrogen and oxygen atoms in total. The molecule has 0 bridgehead atoms. The summed E-state index contributed by atoms with van der Waals surface area (Å²) in [6.45, 7) is 2.23. The second kappa shape index (κ2) is 6.93. The standard InChI is InChI=1S/C21H26/c1-2-6-17-9-11-19(12-10-17)21-15-13-20(14-16-21)18-7-4-3-5-8-18/h9-16,18H,2-8H2,1H3. The van der Waals surface area contributed by atoms with Gasteiger partial charge in [-0.05, 0) is 47.4 Å². The maximum atomic E-state index is 2.35. The largest absolute Gasteiger partial charge is 0.0651 e. The average molecular weight is 278 g/mol. The summed E-state index contributed by atoms with van der Waals surface area (Å²) >= 11 is 0. The van der Waals surface area contributed by atoms with E-state index in [1.165, 1.54) is 61.6 Å². The normalized spacial score (nSPS) is 16.0. The maximum absolute atomic E-state index is 2.35. The van der Waals surface area contributed by atoms with Gasteiger partial charge in [-0.1, -0.05) is 81.1 Å². The van der Waals surface area contributed by atoms with Crippen LogP contribution in [0.5, 0.6) is 0 Å². The number of rotatable bonds is 4. The van der Waals surface area contributed by atoms with Crippen molar-refractivity contribution in [1.29, 1.82) is 0 Å². The third-order valence-corrected chi connectivity index (χ3v) is 4.81. The third-order valence-electron chi connectivity index (χ3n) is 4.81. The van der Waals surface area contributed by atoms with Crippen LogP contribution in [0.4, 0.5) is 0 Å². The molecule has 110 valence electrons. The van der Waals surface area contributed by atoms with E-state index in [0.29, 0.717) is 0 Å². The Balaban J connectivity index is 1.73. The second-order valence-electron chi connectivity index (χ2n) is 6.40. The van der Waals surface area contributed by atoms with Crippen LogP contribution < -0.4 is 0 Å². The summed E-state index contributed by atoms with van der Waals surface area (Å²) in [5.74, 6) is 0.805. The van der Waals surface area contributed by atoms with E-state index in [1.807, 2.05) is 0 Å². The molecule has 1 fully saturated rings. The molecule has 0 saturated heterocycles. The van der Waals surface area contributed by atoms with E-state index in [1.54, 1.807) is 5.56 Å². The zero-order valence-corrected chi connectivity index (χ0v) is 13.1. The zero-order chi connectivity index (χ0) is 14.5. The molecule has 0 unspecified atom stereocenters. The third kappa shape index (κ3) is 3.56. The highest BCUT2D eigenvalue weighted by molar-refractivity contribution is 5.64. The first-order valence-corrected chi connectivity index (χ1v) is 8.56. The van der Waals surface area contributed by atoms with Crippen molar-refractivity contribution in [3.63, 3.8) is 0 Å². The lowest BCUT2D eigenvalue weighted by atomic mass is 9.83. The minimum Gasteiger partial charge on any atom is -0.0651 e. The van der Waals surface area contributed by atoms with Crippen LogP contribution in [-0.2, 0) is 6.42 Å². The van der Waals surface area contributed by atoms with Crippen LogP contribution in [0.25, 0.3) is 11.1 Å². The Hall–Kier alpha value is -1.56. The molecule has 0 amide bonds. The Morgan fingerprint density at radius 3 is 1.90 bits per heavy atom. The Labute approximate surface area is 129 Å². The molecule has 0 spiro atoms. The number of aryl methyl sites for hydroxylation is 1. The molecule has 1 aliphatic carbocycles. The van der Waals surface area contributed by atoms with E-state index in [-0.39, 0.29) is 0 Å². The number of benzene rings is 2. The molecule has 0 N–H and O–H groups in total. The summed E-state index contributed by atoms with van der Waals surface area (Å²) in [4.78, 5) is 0. The molecule has 21 heavy (non-hydrogen) atoms. The maximum Gasteiger partial charge on any atom is -0.0162 e. The van der Waals surface area contributed by atoms with Gasteiger partial charge in [0.05, 0.1) is 0 Å². The lowest BCUT2D eigenvalue weighted by molar-refractivity contribution is 0.443. The van der Waals surface area contributed by atoms with Crippen LogP contribution in [-0.4, -0.2) is 0 Å². The van der Waals surface area contributed by atoms with Crippen molar-refractivity contribution in [2.75, 3.05) is 0 Å². The van der Waals surface area contributed by atoms with Crippen LogP contribution >= 0.6 is 0 Å². The van der Waals surface area contributed by atoms with Gasteiger partial charge in [0.25, 0.3) is 0 Å². The van der Waals surface area contributed by atoms with Crippen molar-refractivity contribution in [3.8, 4) is 11.1 Å². The summed E-state index contributed by atoms with van der Waals surface area (Å²) < 4.78 is 0. The van der Waals surface area contributed by atoms with Crippen molar-refractivity contribution < 1.29 is 0 Å². The van der Waals surface area contributed by atoms with Crippen LogP contribution in [0.2, 0.25) is 0 Å². The number of hydrogen-bond donors (Lipinski definition) is 0. The minimum atomic E-state index is 0.805. The molecular formula is C21H26. The van der Waals surface area contributed by atoms with Gasteiger partial charge in [0.2, 0.25) is 0 Å². The van der Waals surface area contributed by atoms with Gasteiger partial charge in [-0.15, -0.1) is 0 Å². The van der Waals surface area contributed by atoms with Gasteiger partial charge in [0.15, 0.2) is 0 Å². The number of hydrogen-bond acceptors (Lipinski definition) is 0. The van der Waals surface area contributed by atoms with Gasteiger partial charge in [-0.3, -0.25) is 0 Å². The highest BCUT2D eigenvalue weighted by Crippen LogP contribution is 2.33. The van der Waals surface area contributed by atoms with Crippen molar-refractivity contribution in [2.45, 2.75) is 57.8 Å². The molecular weight excluding hydrogens is 252 g/mol. The van der Waals surface area contributed by atoms with Crippen molar-refractivity contribution in [1.82, 2.24) is 0 Å². The van der Waals surface area contributed by atoms with E-state index in [0.717, 1.165) is 5.92 Å². The lowest BCUT2D eigenvalue weighted by Gasteiger charge is -2.22. The van der Waals surface area contributed by atoms with E-state index in [9.17, 15) is 0 Å². The summed E-state index contributed by atoms with van der Waals surface area (Å²) in [7, 11) is 0. The lowest BCUT2D eigenvalue weighted by Crippen LogP contribution is -2.04. The molecule has 1 aliphatic rings. The van der Waals surface area contributed by atoms with Gasteiger partial charge in [0, 0.05) is 0 Å². The second-order valence-corrected chi connectivity index (χ2v) is 6.40. The molecule has 0 heterocycles. The Kier molecular flexibility index (Phi) is 4.75. The van der Waals surface area contributed by atoms with Crippen molar-refractivity contribution in [3.05, 3.63) is 59.7 Å². The summed E-state index contributed by atoms with van der Waals surface area (Å²) in [5, 5.41) is 0. The molecule has 0 radical (unpaired) electrons. The average Bonchev–Trinajstić information content (AvgIpc) is 2.57. The zero-order valence-electron chi connectivity index (χ0n) is 13.1. The summed E-state index contributed by atoms with van der Waals surface area (Å²) in [6.07, 6.45) is 9.40. The molecule has 0 aliphatic heterocycles. The van der Waals surface area contributed by atoms with Gasteiger partial charge >= 0.3 is 0 Å². The van der Waals surface area contributed by atoms with Crippen LogP contribution in [0.3, 0.4) is 0 Å². The predicted molar refractivity (Wildman–Crippen MR) is 91.7 cm³/mol. The van der Waals surface area contributed by atoms with Crippen molar-refractivity contribution in [2.24, 2.45) is 0 Å². The predicted octanol–water partition coefficient (Wildman–Crippen LogP) is 6.35. The van der Waals surface area contributed by atoms with Gasteiger partial charge in [-0.2, -0.15) is 0 Å². The smallest absolute Gasteiger partial charge is 0.0162 e. The van der Waals surface area contributed by atoms with Crippen LogP contribution in [0, 0.1) is 0 Å². The molecule has 3 rings (SSSR count). The molecule has 0 heteroatoms. The van der Waals surface area contributed by atoms with E-state index in [2.05, 4.69) is 55.5 Å². The fraction of sp³-hybridized carbons (Fsp3) is 0.429. The Bertz CT molecular complexity index is 542. The monoisotopic (exact) mass is 278 g/mol. The first kappa shape index (κ1) is 14.4. The SMILES string of the molecule is CCCc1ccc(-c2ccc(C3CCCCC3)cc2)cc1. The van der Waals surface area contributed by atoms with Crippen LogP contribution in [0.1, 0.15) is 62.5 Å². The van der Waals surface area contributed by atoms with E-state index in [4.69, 9.17) is 0 Å². The fourth-order valence-electron chi connectivity index (χ4n) is 3.54. The molecule has 2 aromatic carbocycles. The van der Waals surface area contributed by atoms with E-state index >= 15 is 0 Å². The topological polar surface area (TPSA) is 0 Å². The first-order chi connectivity index (χ1) is 10.4. The summed E-state index contributed by atoms with van der Waals surface area (Å²) in [6, 6.07) is 18.4. The van der Waals surface area contributed by atoms with Crippen LogP contribution in [0.15, 0.2) is 48.5 Å². The van der Waals surface area contributed by atoms with Gasteiger partial charge in [0.1, 0.15) is 0 Å². The molecule has 2 aromatic rings. The summed E-state index contributed by atoms with van der Waals surface area (Å²) in [5.41, 5.74) is 5.67. The Morgan fingerprint density at radius 2 is 1.33 bits per heavy atom. The quantitative estimate of drug-likeness (QED) is 0.611. The fourth-order valence-corrected chi connectivity index (χ4v) is 3.54. The Morgan fingerprint density at radius 1 is 0.762 bits per heavy atom. The molecule has 1 saturated carbocycles. The van der Waals surface area contributed by atoms with E-state index < -0.39 is 0 Å². The highest BCUT2D eigenvalue weighted by atomic mass is 14.2. The van der Waals surface area contributed by atoms with Gasteiger partial charge < -0.3 is 0 Å². The first-order valence-electron chi connectivity index (χ1n) is 8.56.